The number of rotatable bonds is 4. The van der Waals surface area contributed by atoms with Crippen molar-refractivity contribution in [2.45, 2.75) is 39.3 Å². The van der Waals surface area contributed by atoms with Crippen molar-refractivity contribution in [3.8, 4) is 0 Å². The molecular weight excluding hydrogens is 278 g/mol. The number of carbonyl (C=O) groups excluding carboxylic acids is 1. The molecule has 1 N–H and O–H groups in total. The number of halogens is 2. The molecule has 0 aromatic carbocycles. The third kappa shape index (κ3) is 4.44. The van der Waals surface area contributed by atoms with Gasteiger partial charge in [-0.3, -0.25) is 15.4 Å². The van der Waals surface area contributed by atoms with Gasteiger partial charge in [-0.15, -0.1) is 0 Å². The van der Waals surface area contributed by atoms with Crippen molar-refractivity contribution < 1.29 is 23.2 Å². The van der Waals surface area contributed by atoms with Gasteiger partial charge in [0.25, 0.3) is 6.43 Å². The molecule has 0 spiro atoms. The van der Waals surface area contributed by atoms with Gasteiger partial charge >= 0.3 is 11.8 Å². The van der Waals surface area contributed by atoms with Gasteiger partial charge in [0.15, 0.2) is 0 Å². The lowest BCUT2D eigenvalue weighted by Crippen LogP contribution is -2.28. The quantitative estimate of drug-likeness (QED) is 0.678. The molecule has 0 aliphatic carbocycles. The summed E-state index contributed by atoms with van der Waals surface area (Å²) >= 11 is 0. The molecule has 8 nitrogen and oxygen atoms in total. The lowest BCUT2D eigenvalue weighted by molar-refractivity contribution is -0.384. The number of aromatic nitrogens is 2. The van der Waals surface area contributed by atoms with Gasteiger partial charge in [-0.25, -0.2) is 18.3 Å². The first-order valence-electron chi connectivity index (χ1n) is 5.58. The number of alkyl halides is 2. The number of nitro groups is 1. The van der Waals surface area contributed by atoms with Crippen molar-refractivity contribution in [2.24, 2.45) is 0 Å². The zero-order valence-corrected chi connectivity index (χ0v) is 11.1. The standard InChI is InChI=1S/C10H14F2N4O4/c1-10(2,3)20-9(17)14-8-6(16(18)19)4-13-15(8)5-7(11)12/h4,7H,5H2,1-3H3,(H,14,17). The maximum atomic E-state index is 12.3. The highest BCUT2D eigenvalue weighted by Gasteiger charge is 2.26. The van der Waals surface area contributed by atoms with Crippen LogP contribution in [0.3, 0.4) is 0 Å². The van der Waals surface area contributed by atoms with Crippen LogP contribution in [0, 0.1) is 10.1 Å². The van der Waals surface area contributed by atoms with E-state index in [-0.39, 0.29) is 0 Å². The third-order valence-electron chi connectivity index (χ3n) is 1.95. The van der Waals surface area contributed by atoms with E-state index in [1.807, 2.05) is 0 Å². The second-order valence-corrected chi connectivity index (χ2v) is 4.84. The highest BCUT2D eigenvalue weighted by Crippen LogP contribution is 2.25. The SMILES string of the molecule is CC(C)(C)OC(=O)Nc1c([N+](=O)[O-])cnn1CC(F)F. The van der Waals surface area contributed by atoms with Gasteiger partial charge in [-0.1, -0.05) is 0 Å². The summed E-state index contributed by atoms with van der Waals surface area (Å²) in [6.07, 6.45) is -2.97. The van der Waals surface area contributed by atoms with E-state index < -0.39 is 41.1 Å². The molecule has 1 rings (SSSR count). The number of ether oxygens (including phenoxy) is 1. The Bertz CT molecular complexity index is 510. The third-order valence-corrected chi connectivity index (χ3v) is 1.95. The molecule has 1 aromatic rings. The Morgan fingerprint density at radius 1 is 1.60 bits per heavy atom. The molecule has 10 heteroatoms. The zero-order valence-electron chi connectivity index (χ0n) is 11.1. The average molecular weight is 292 g/mol. The summed E-state index contributed by atoms with van der Waals surface area (Å²) in [6.45, 7) is 3.91. The van der Waals surface area contributed by atoms with Crippen molar-refractivity contribution in [1.82, 2.24) is 9.78 Å². The molecule has 1 amide bonds. The second-order valence-electron chi connectivity index (χ2n) is 4.84. The summed E-state index contributed by atoms with van der Waals surface area (Å²) in [6, 6.07) is 0. The molecule has 0 aliphatic heterocycles. The largest absolute Gasteiger partial charge is 0.444 e. The van der Waals surface area contributed by atoms with E-state index in [4.69, 9.17) is 4.74 Å². The Balaban J connectivity index is 2.98. The van der Waals surface area contributed by atoms with Crippen LogP contribution in [0.25, 0.3) is 0 Å². The summed E-state index contributed by atoms with van der Waals surface area (Å²) in [4.78, 5) is 21.5. The number of nitrogens with zero attached hydrogens (tertiary/aromatic N) is 3. The number of carbonyl (C=O) groups is 1. The van der Waals surface area contributed by atoms with Crippen LogP contribution in [0.5, 0.6) is 0 Å². The normalized spacial score (nSPS) is 11.5. The summed E-state index contributed by atoms with van der Waals surface area (Å²) in [7, 11) is 0. The smallest absolute Gasteiger partial charge is 0.413 e. The van der Waals surface area contributed by atoms with Crippen LogP contribution >= 0.6 is 0 Å². The first-order chi connectivity index (χ1) is 9.10. The zero-order chi connectivity index (χ0) is 15.5. The Labute approximate surface area is 112 Å². The van der Waals surface area contributed by atoms with Crippen LogP contribution in [0.4, 0.5) is 25.1 Å². The number of nitrogens with one attached hydrogen (secondary N) is 1. The molecule has 0 unspecified atom stereocenters. The molecule has 0 fully saturated rings. The van der Waals surface area contributed by atoms with E-state index in [0.29, 0.717) is 4.68 Å². The van der Waals surface area contributed by atoms with Crippen molar-refractivity contribution in [2.75, 3.05) is 5.32 Å². The summed E-state index contributed by atoms with van der Waals surface area (Å²) in [5.41, 5.74) is -1.41. The van der Waals surface area contributed by atoms with Crippen LogP contribution < -0.4 is 5.32 Å². The minimum Gasteiger partial charge on any atom is -0.444 e. The topological polar surface area (TPSA) is 99.3 Å². The van der Waals surface area contributed by atoms with E-state index in [0.717, 1.165) is 6.20 Å². The summed E-state index contributed by atoms with van der Waals surface area (Å²) in [5, 5.41) is 16.3. The highest BCUT2D eigenvalue weighted by molar-refractivity contribution is 5.86. The van der Waals surface area contributed by atoms with Gasteiger partial charge in [0, 0.05) is 0 Å². The van der Waals surface area contributed by atoms with Gasteiger partial charge in [0.05, 0.1) is 4.92 Å². The lowest BCUT2D eigenvalue weighted by atomic mass is 10.2. The number of anilines is 1. The predicted octanol–water partition coefficient (Wildman–Crippen LogP) is 2.40. The maximum absolute atomic E-state index is 12.3. The first-order valence-corrected chi connectivity index (χ1v) is 5.58. The van der Waals surface area contributed by atoms with E-state index in [9.17, 15) is 23.7 Å². The first kappa shape index (κ1) is 15.8. The molecule has 0 atom stereocenters. The van der Waals surface area contributed by atoms with Crippen LogP contribution in [-0.4, -0.2) is 32.8 Å². The Kier molecular flexibility index (Phi) is 4.58. The van der Waals surface area contributed by atoms with Gasteiger partial charge < -0.3 is 4.74 Å². The number of hydrogen-bond acceptors (Lipinski definition) is 5. The number of hydrogen-bond donors (Lipinski definition) is 1. The molecule has 0 saturated carbocycles. The van der Waals surface area contributed by atoms with Crippen LogP contribution in [0.2, 0.25) is 0 Å². The van der Waals surface area contributed by atoms with Crippen LogP contribution in [-0.2, 0) is 11.3 Å². The molecular formula is C10H14F2N4O4. The lowest BCUT2D eigenvalue weighted by Gasteiger charge is -2.19. The summed E-state index contributed by atoms with van der Waals surface area (Å²) in [5.74, 6) is -0.440. The fourth-order valence-electron chi connectivity index (χ4n) is 1.31. The molecule has 0 bridgehead atoms. The molecule has 0 aliphatic rings. The van der Waals surface area contributed by atoms with Crippen LogP contribution in [0.15, 0.2) is 6.20 Å². The minimum atomic E-state index is -2.77. The van der Waals surface area contributed by atoms with Gasteiger partial charge in [0.2, 0.25) is 5.82 Å². The van der Waals surface area contributed by atoms with E-state index in [1.54, 1.807) is 20.8 Å². The number of amides is 1. The van der Waals surface area contributed by atoms with Gasteiger partial charge in [-0.05, 0) is 20.8 Å². The maximum Gasteiger partial charge on any atom is 0.413 e. The Hall–Kier alpha value is -2.26. The fraction of sp³-hybridized carbons (Fsp3) is 0.600. The van der Waals surface area contributed by atoms with Crippen LogP contribution in [0.1, 0.15) is 20.8 Å². The van der Waals surface area contributed by atoms with Crippen molar-refractivity contribution in [3.05, 3.63) is 16.3 Å². The fourth-order valence-corrected chi connectivity index (χ4v) is 1.31. The Morgan fingerprint density at radius 2 is 2.20 bits per heavy atom. The van der Waals surface area contributed by atoms with Crippen molar-refractivity contribution in [3.63, 3.8) is 0 Å². The van der Waals surface area contributed by atoms with E-state index in [1.165, 1.54) is 0 Å². The second kappa shape index (κ2) is 5.80. The molecule has 20 heavy (non-hydrogen) atoms. The molecule has 1 aromatic heterocycles. The monoisotopic (exact) mass is 292 g/mol. The minimum absolute atomic E-state index is 0.440. The van der Waals surface area contributed by atoms with Gasteiger partial charge in [-0.2, -0.15) is 5.10 Å². The molecule has 1 heterocycles. The van der Waals surface area contributed by atoms with Crippen molar-refractivity contribution >= 4 is 17.6 Å². The van der Waals surface area contributed by atoms with E-state index >= 15 is 0 Å². The summed E-state index contributed by atoms with van der Waals surface area (Å²) < 4.78 is 30.2. The van der Waals surface area contributed by atoms with E-state index in [2.05, 4.69) is 10.4 Å². The van der Waals surface area contributed by atoms with Crippen molar-refractivity contribution in [1.29, 1.82) is 0 Å². The molecule has 0 radical (unpaired) electrons. The molecule has 0 saturated heterocycles. The molecule has 112 valence electrons. The Morgan fingerprint density at radius 3 is 2.65 bits per heavy atom. The van der Waals surface area contributed by atoms with Gasteiger partial charge in [0.1, 0.15) is 18.3 Å². The highest BCUT2D eigenvalue weighted by atomic mass is 19.3. The predicted molar refractivity (Wildman–Crippen MR) is 64.7 cm³/mol. The average Bonchev–Trinajstić information content (AvgIpc) is 2.57.